The Morgan fingerprint density at radius 1 is 0.733 bits per heavy atom. The van der Waals surface area contributed by atoms with Gasteiger partial charge in [0.25, 0.3) is 10.0 Å². The molecule has 0 aliphatic rings. The van der Waals surface area contributed by atoms with E-state index < -0.39 is 10.0 Å². The second-order valence-corrected chi connectivity index (χ2v) is 8.31. The molecule has 30 heavy (non-hydrogen) atoms. The Balaban J connectivity index is 1.70. The minimum atomic E-state index is -4.00. The summed E-state index contributed by atoms with van der Waals surface area (Å²) in [6.45, 7) is 0. The Morgan fingerprint density at radius 3 is 1.93 bits per heavy atom. The van der Waals surface area contributed by atoms with Gasteiger partial charge in [-0.1, -0.05) is 48.5 Å². The van der Waals surface area contributed by atoms with Gasteiger partial charge in [0.05, 0.1) is 19.1 Å². The zero-order valence-electron chi connectivity index (χ0n) is 16.1. The molecular weight excluding hydrogens is 404 g/mol. The number of benzene rings is 4. The van der Waals surface area contributed by atoms with Gasteiger partial charge in [-0.2, -0.15) is 9.97 Å². The number of hydrogen-bond acceptors (Lipinski definition) is 7. The maximum atomic E-state index is 13.3. The Hall–Kier alpha value is -3.72. The molecule has 0 amide bonds. The minimum Gasteiger partial charge on any atom is -0.467 e. The number of nitrogens with one attached hydrogen (secondary N) is 1. The molecule has 1 aromatic heterocycles. The van der Waals surface area contributed by atoms with Gasteiger partial charge in [-0.05, 0) is 33.0 Å². The highest BCUT2D eigenvalue weighted by atomic mass is 32.2. The molecule has 1 heterocycles. The van der Waals surface area contributed by atoms with Crippen LogP contribution < -0.4 is 14.2 Å². The number of rotatable bonds is 5. The molecule has 0 fully saturated rings. The lowest BCUT2D eigenvalue weighted by molar-refractivity contribution is 0.341. The maximum absolute atomic E-state index is 13.3. The molecule has 0 spiro atoms. The van der Waals surface area contributed by atoms with E-state index in [9.17, 15) is 8.42 Å². The van der Waals surface area contributed by atoms with E-state index in [-0.39, 0.29) is 22.9 Å². The van der Waals surface area contributed by atoms with Gasteiger partial charge in [0.1, 0.15) is 0 Å². The Bertz CT molecular complexity index is 1480. The van der Waals surface area contributed by atoms with Crippen molar-refractivity contribution in [1.29, 1.82) is 0 Å². The van der Waals surface area contributed by atoms with Crippen molar-refractivity contribution in [3.63, 3.8) is 0 Å². The van der Waals surface area contributed by atoms with E-state index >= 15 is 0 Å². The highest BCUT2D eigenvalue weighted by Gasteiger charge is 2.22. The highest BCUT2D eigenvalue weighted by molar-refractivity contribution is 7.93. The van der Waals surface area contributed by atoms with Crippen LogP contribution in [0.15, 0.2) is 59.5 Å². The molecule has 0 radical (unpaired) electrons. The highest BCUT2D eigenvalue weighted by Crippen LogP contribution is 2.37. The number of aromatic nitrogens is 3. The summed E-state index contributed by atoms with van der Waals surface area (Å²) in [7, 11) is -1.26. The van der Waals surface area contributed by atoms with Crippen molar-refractivity contribution >= 4 is 48.3 Å². The quantitative estimate of drug-likeness (QED) is 0.433. The molecule has 1 N–H and O–H groups in total. The Kier molecular flexibility index (Phi) is 4.07. The molecule has 0 saturated carbocycles. The molecular formula is C21H16N4O4S. The third-order valence-corrected chi connectivity index (χ3v) is 6.35. The first-order valence-electron chi connectivity index (χ1n) is 9.03. The standard InChI is InChI=1S/C21H16N4O4S/c1-28-20-22-19(23-21(24-20)29-2)25-30(26,27)16-11-9-14-7-6-12-4-3-5-13-8-10-15(16)18(14)17(12)13/h3-11H,1-2H3,(H,22,23,24,25). The van der Waals surface area contributed by atoms with Crippen LogP contribution in [0, 0.1) is 0 Å². The van der Waals surface area contributed by atoms with E-state index in [2.05, 4.69) is 19.7 Å². The summed E-state index contributed by atoms with van der Waals surface area (Å²) >= 11 is 0. The first-order valence-corrected chi connectivity index (χ1v) is 10.5. The van der Waals surface area contributed by atoms with Crippen molar-refractivity contribution < 1.29 is 17.9 Å². The minimum absolute atomic E-state index is 0.0602. The average molecular weight is 420 g/mol. The van der Waals surface area contributed by atoms with Gasteiger partial charge in [0.15, 0.2) is 0 Å². The average Bonchev–Trinajstić information content (AvgIpc) is 2.76. The molecule has 4 aromatic carbocycles. The second kappa shape index (κ2) is 6.67. The fraction of sp³-hybridized carbons (Fsp3) is 0.0952. The Labute approximate surface area is 171 Å². The summed E-state index contributed by atoms with van der Waals surface area (Å²) in [5.74, 6) is -0.190. The smallest absolute Gasteiger partial charge is 0.324 e. The predicted octanol–water partition coefficient (Wildman–Crippen LogP) is 3.59. The van der Waals surface area contributed by atoms with Crippen LogP contribution in [0.1, 0.15) is 0 Å². The van der Waals surface area contributed by atoms with Crippen LogP contribution in [-0.2, 0) is 10.0 Å². The maximum Gasteiger partial charge on any atom is 0.324 e. The lowest BCUT2D eigenvalue weighted by atomic mass is 9.94. The lowest BCUT2D eigenvalue weighted by Gasteiger charge is -2.14. The molecule has 150 valence electrons. The molecule has 8 nitrogen and oxygen atoms in total. The van der Waals surface area contributed by atoms with E-state index in [1.807, 2.05) is 42.5 Å². The zero-order chi connectivity index (χ0) is 20.9. The molecule has 0 saturated heterocycles. The first kappa shape index (κ1) is 18.3. The third kappa shape index (κ3) is 2.82. The van der Waals surface area contributed by atoms with E-state index in [0.29, 0.717) is 5.39 Å². The molecule has 0 atom stereocenters. The number of sulfonamides is 1. The van der Waals surface area contributed by atoms with Crippen LogP contribution in [0.25, 0.3) is 32.3 Å². The fourth-order valence-corrected chi connectivity index (χ4v) is 4.83. The number of anilines is 1. The van der Waals surface area contributed by atoms with Crippen LogP contribution in [0.3, 0.4) is 0 Å². The third-order valence-electron chi connectivity index (χ3n) is 4.96. The number of methoxy groups -OCH3 is 2. The fourth-order valence-electron chi connectivity index (χ4n) is 3.68. The van der Waals surface area contributed by atoms with Crippen LogP contribution in [0.2, 0.25) is 0 Å². The van der Waals surface area contributed by atoms with Crippen LogP contribution in [0.4, 0.5) is 5.95 Å². The predicted molar refractivity (Wildman–Crippen MR) is 114 cm³/mol. The molecule has 9 heteroatoms. The van der Waals surface area contributed by atoms with Crippen molar-refractivity contribution in [2.45, 2.75) is 4.90 Å². The molecule has 0 aliphatic carbocycles. The van der Waals surface area contributed by atoms with Crippen molar-refractivity contribution in [3.8, 4) is 12.0 Å². The largest absolute Gasteiger partial charge is 0.467 e. The van der Waals surface area contributed by atoms with Crippen LogP contribution >= 0.6 is 0 Å². The van der Waals surface area contributed by atoms with Crippen LogP contribution in [-0.4, -0.2) is 37.6 Å². The summed E-state index contributed by atoms with van der Waals surface area (Å²) in [4.78, 5) is 11.9. The summed E-state index contributed by atoms with van der Waals surface area (Å²) in [6.07, 6.45) is 0. The summed E-state index contributed by atoms with van der Waals surface area (Å²) in [5.41, 5.74) is 0. The SMILES string of the molecule is COc1nc(NS(=O)(=O)c2ccc3ccc4cccc5ccc2c3c45)nc(OC)n1. The van der Waals surface area contributed by atoms with Gasteiger partial charge in [0.2, 0.25) is 5.95 Å². The lowest BCUT2D eigenvalue weighted by Crippen LogP contribution is -2.16. The molecule has 0 bridgehead atoms. The topological polar surface area (TPSA) is 103 Å². The summed E-state index contributed by atoms with van der Waals surface area (Å²) in [6, 6.07) is 17.1. The van der Waals surface area contributed by atoms with Gasteiger partial charge in [-0.3, -0.25) is 0 Å². The monoisotopic (exact) mass is 420 g/mol. The van der Waals surface area contributed by atoms with Crippen molar-refractivity contribution in [3.05, 3.63) is 54.6 Å². The van der Waals surface area contributed by atoms with Gasteiger partial charge < -0.3 is 9.47 Å². The summed E-state index contributed by atoms with van der Waals surface area (Å²) < 4.78 is 38.9. The van der Waals surface area contributed by atoms with Gasteiger partial charge in [-0.15, -0.1) is 4.98 Å². The van der Waals surface area contributed by atoms with Crippen molar-refractivity contribution in [1.82, 2.24) is 15.0 Å². The molecule has 0 aliphatic heterocycles. The van der Waals surface area contributed by atoms with E-state index in [4.69, 9.17) is 9.47 Å². The summed E-state index contributed by atoms with van der Waals surface area (Å²) in [5, 5.41) is 5.64. The first-order chi connectivity index (χ1) is 14.5. The number of nitrogens with zero attached hydrogens (tertiary/aromatic N) is 3. The molecule has 5 aromatic rings. The normalized spacial score (nSPS) is 11.9. The van der Waals surface area contributed by atoms with Crippen molar-refractivity contribution in [2.24, 2.45) is 0 Å². The number of ether oxygens (including phenoxy) is 2. The zero-order valence-corrected chi connectivity index (χ0v) is 16.9. The van der Waals surface area contributed by atoms with E-state index in [1.54, 1.807) is 12.1 Å². The van der Waals surface area contributed by atoms with Gasteiger partial charge >= 0.3 is 12.0 Å². The van der Waals surface area contributed by atoms with Crippen molar-refractivity contribution in [2.75, 3.05) is 18.9 Å². The molecule has 0 unspecified atom stereocenters. The van der Waals surface area contributed by atoms with Gasteiger partial charge in [-0.25, -0.2) is 13.1 Å². The second-order valence-electron chi connectivity index (χ2n) is 6.66. The number of hydrogen-bond donors (Lipinski definition) is 1. The van der Waals surface area contributed by atoms with Gasteiger partial charge in [0, 0.05) is 5.39 Å². The van der Waals surface area contributed by atoms with Crippen LogP contribution in [0.5, 0.6) is 12.0 Å². The Morgan fingerprint density at radius 2 is 1.30 bits per heavy atom. The van der Waals surface area contributed by atoms with E-state index in [0.717, 1.165) is 26.9 Å². The van der Waals surface area contributed by atoms with E-state index in [1.165, 1.54) is 14.2 Å². The molecule has 5 rings (SSSR count).